The lowest BCUT2D eigenvalue weighted by atomic mass is 10.2. The van der Waals surface area contributed by atoms with Crippen molar-refractivity contribution in [3.63, 3.8) is 0 Å². The van der Waals surface area contributed by atoms with E-state index < -0.39 is 0 Å². The van der Waals surface area contributed by atoms with E-state index in [0.717, 1.165) is 22.6 Å². The van der Waals surface area contributed by atoms with Crippen LogP contribution in [0.2, 0.25) is 0 Å². The van der Waals surface area contributed by atoms with E-state index in [4.69, 9.17) is 0 Å². The molecule has 0 spiro atoms. The van der Waals surface area contributed by atoms with E-state index in [9.17, 15) is 0 Å². The molecular weight excluding hydrogens is 274 g/mol. The first-order chi connectivity index (χ1) is 10.7. The molecule has 0 saturated carbocycles. The molecule has 0 aliphatic carbocycles. The van der Waals surface area contributed by atoms with Gasteiger partial charge in [0.1, 0.15) is 0 Å². The molecule has 0 radical (unpaired) electrons. The third-order valence-electron chi connectivity index (χ3n) is 3.26. The van der Waals surface area contributed by atoms with Gasteiger partial charge in [0.2, 0.25) is 0 Å². The molecule has 0 aliphatic rings. The minimum Gasteiger partial charge on any atom is -0.378 e. The van der Waals surface area contributed by atoms with Gasteiger partial charge in [-0.25, -0.2) is 4.99 Å². The Balaban J connectivity index is 1.74. The Morgan fingerprint density at radius 3 is 2.41 bits per heavy atom. The number of aliphatic imine (C=N–C) groups is 1. The van der Waals surface area contributed by atoms with Crippen molar-refractivity contribution in [2.45, 2.75) is 0 Å². The molecule has 0 amide bonds. The van der Waals surface area contributed by atoms with Crippen LogP contribution in [0.4, 0.5) is 11.6 Å². The van der Waals surface area contributed by atoms with Crippen molar-refractivity contribution in [1.82, 2.24) is 15.2 Å². The van der Waals surface area contributed by atoms with Gasteiger partial charge in [0.25, 0.3) is 5.95 Å². The highest BCUT2D eigenvalue weighted by Gasteiger charge is 2.03. The summed E-state index contributed by atoms with van der Waals surface area (Å²) in [4.78, 5) is 10.7. The van der Waals surface area contributed by atoms with Crippen LogP contribution in [0.3, 0.4) is 0 Å². The number of benzene rings is 2. The van der Waals surface area contributed by atoms with Crippen LogP contribution in [0.1, 0.15) is 5.56 Å². The average Bonchev–Trinajstić information content (AvgIpc) is 3.03. The van der Waals surface area contributed by atoms with Gasteiger partial charge in [-0.3, -0.25) is 5.10 Å². The van der Waals surface area contributed by atoms with Crippen LogP contribution in [0.25, 0.3) is 11.4 Å². The third kappa shape index (κ3) is 3.20. The predicted molar refractivity (Wildman–Crippen MR) is 89.8 cm³/mol. The molecule has 3 rings (SSSR count). The number of nitrogens with zero attached hydrogens (tertiary/aromatic N) is 4. The van der Waals surface area contributed by atoms with Gasteiger partial charge in [-0.1, -0.05) is 42.5 Å². The fourth-order valence-electron chi connectivity index (χ4n) is 2.03. The van der Waals surface area contributed by atoms with E-state index in [0.29, 0.717) is 5.95 Å². The Morgan fingerprint density at radius 2 is 1.73 bits per heavy atom. The van der Waals surface area contributed by atoms with Gasteiger partial charge in [0.05, 0.1) is 0 Å². The standard InChI is InChI=1S/C17H17N5/c1-22(2)15-10-8-13(9-11-15)12-18-17-19-16(20-21-17)14-6-4-3-5-7-14/h3-12H,1-2H3,(H,19,20,21)/b18-12+. The lowest BCUT2D eigenvalue weighted by Crippen LogP contribution is -2.08. The Morgan fingerprint density at radius 1 is 1.00 bits per heavy atom. The van der Waals surface area contributed by atoms with Gasteiger partial charge >= 0.3 is 0 Å². The zero-order valence-electron chi connectivity index (χ0n) is 12.6. The van der Waals surface area contributed by atoms with Crippen LogP contribution in [-0.2, 0) is 0 Å². The first-order valence-electron chi connectivity index (χ1n) is 7.01. The van der Waals surface area contributed by atoms with Crippen LogP contribution >= 0.6 is 0 Å². The molecule has 0 aliphatic heterocycles. The number of rotatable bonds is 4. The molecule has 0 bridgehead atoms. The topological polar surface area (TPSA) is 57.2 Å². The quantitative estimate of drug-likeness (QED) is 0.750. The highest BCUT2D eigenvalue weighted by molar-refractivity contribution is 5.82. The highest BCUT2D eigenvalue weighted by Crippen LogP contribution is 2.16. The minimum absolute atomic E-state index is 0.426. The van der Waals surface area contributed by atoms with Crippen LogP contribution in [0, 0.1) is 0 Å². The molecule has 2 aromatic carbocycles. The van der Waals surface area contributed by atoms with E-state index in [-0.39, 0.29) is 0 Å². The van der Waals surface area contributed by atoms with Crippen molar-refractivity contribution in [1.29, 1.82) is 0 Å². The molecule has 5 nitrogen and oxygen atoms in total. The summed E-state index contributed by atoms with van der Waals surface area (Å²) in [5, 5.41) is 7.01. The maximum atomic E-state index is 4.37. The Labute approximate surface area is 129 Å². The van der Waals surface area contributed by atoms with Crippen LogP contribution in [0.15, 0.2) is 59.6 Å². The molecule has 0 saturated heterocycles. The number of nitrogens with one attached hydrogen (secondary N) is 1. The Kier molecular flexibility index (Phi) is 3.96. The molecule has 1 aromatic heterocycles. The van der Waals surface area contributed by atoms with E-state index in [2.05, 4.69) is 37.2 Å². The lowest BCUT2D eigenvalue weighted by molar-refractivity contribution is 1.09. The summed E-state index contributed by atoms with van der Waals surface area (Å²) in [5.74, 6) is 1.14. The predicted octanol–water partition coefficient (Wildman–Crippen LogP) is 3.29. The third-order valence-corrected chi connectivity index (χ3v) is 3.26. The fraction of sp³-hybridized carbons (Fsp3) is 0.118. The van der Waals surface area contributed by atoms with E-state index >= 15 is 0 Å². The molecule has 3 aromatic rings. The average molecular weight is 291 g/mol. The maximum Gasteiger partial charge on any atom is 0.268 e. The SMILES string of the molecule is CN(C)c1ccc(/C=N/c2n[nH]c(-c3ccccc3)n2)cc1. The summed E-state index contributed by atoms with van der Waals surface area (Å²) in [7, 11) is 4.03. The molecule has 0 fully saturated rings. The smallest absolute Gasteiger partial charge is 0.268 e. The summed E-state index contributed by atoms with van der Waals surface area (Å²) in [6.07, 6.45) is 1.76. The number of hydrogen-bond acceptors (Lipinski definition) is 4. The molecule has 5 heteroatoms. The zero-order chi connectivity index (χ0) is 15.4. The van der Waals surface area contributed by atoms with Gasteiger partial charge in [0, 0.05) is 31.6 Å². The summed E-state index contributed by atoms with van der Waals surface area (Å²) in [6, 6.07) is 18.0. The zero-order valence-corrected chi connectivity index (χ0v) is 12.6. The Bertz CT molecular complexity index is 757. The van der Waals surface area contributed by atoms with Crippen molar-refractivity contribution in [3.05, 3.63) is 60.2 Å². The van der Waals surface area contributed by atoms with E-state index in [1.807, 2.05) is 56.6 Å². The van der Waals surface area contributed by atoms with Gasteiger partial charge in [-0.2, -0.15) is 4.98 Å². The molecule has 1 N–H and O–H groups in total. The molecule has 0 atom stereocenters. The van der Waals surface area contributed by atoms with Crippen LogP contribution < -0.4 is 4.90 Å². The second kappa shape index (κ2) is 6.22. The van der Waals surface area contributed by atoms with Crippen molar-refractivity contribution < 1.29 is 0 Å². The second-order valence-electron chi connectivity index (χ2n) is 5.09. The maximum absolute atomic E-state index is 4.37. The van der Waals surface area contributed by atoms with Crippen molar-refractivity contribution >= 4 is 17.9 Å². The number of anilines is 1. The van der Waals surface area contributed by atoms with Gasteiger partial charge in [-0.05, 0) is 17.7 Å². The lowest BCUT2D eigenvalue weighted by Gasteiger charge is -2.11. The van der Waals surface area contributed by atoms with Gasteiger partial charge in [-0.15, -0.1) is 5.10 Å². The highest BCUT2D eigenvalue weighted by atomic mass is 15.3. The molecule has 0 unspecified atom stereocenters. The second-order valence-corrected chi connectivity index (χ2v) is 5.09. The van der Waals surface area contributed by atoms with Crippen molar-refractivity contribution in [3.8, 4) is 11.4 Å². The normalized spacial score (nSPS) is 11.0. The number of aromatic amines is 1. The monoisotopic (exact) mass is 291 g/mol. The Hall–Kier alpha value is -2.95. The summed E-state index contributed by atoms with van der Waals surface area (Å²) < 4.78 is 0. The van der Waals surface area contributed by atoms with Crippen LogP contribution in [0.5, 0.6) is 0 Å². The summed E-state index contributed by atoms with van der Waals surface area (Å²) in [5.41, 5.74) is 3.16. The largest absolute Gasteiger partial charge is 0.378 e. The van der Waals surface area contributed by atoms with E-state index in [1.165, 1.54) is 0 Å². The van der Waals surface area contributed by atoms with Gasteiger partial charge < -0.3 is 4.90 Å². The number of aromatic nitrogens is 3. The molecule has 1 heterocycles. The van der Waals surface area contributed by atoms with Crippen LogP contribution in [-0.4, -0.2) is 35.5 Å². The number of H-pyrrole nitrogens is 1. The molecule has 110 valence electrons. The minimum atomic E-state index is 0.426. The number of hydrogen-bond donors (Lipinski definition) is 1. The van der Waals surface area contributed by atoms with Crippen molar-refractivity contribution in [2.24, 2.45) is 4.99 Å². The van der Waals surface area contributed by atoms with Crippen molar-refractivity contribution in [2.75, 3.05) is 19.0 Å². The molecule has 22 heavy (non-hydrogen) atoms. The van der Waals surface area contributed by atoms with E-state index in [1.54, 1.807) is 6.21 Å². The summed E-state index contributed by atoms with van der Waals surface area (Å²) in [6.45, 7) is 0. The van der Waals surface area contributed by atoms with Gasteiger partial charge in [0.15, 0.2) is 5.82 Å². The first-order valence-corrected chi connectivity index (χ1v) is 7.01. The fourth-order valence-corrected chi connectivity index (χ4v) is 2.03. The first kappa shape index (κ1) is 14.0. The molecular formula is C17H17N5. The summed E-state index contributed by atoms with van der Waals surface area (Å²) >= 11 is 0.